The van der Waals surface area contributed by atoms with Crippen molar-refractivity contribution in [3.63, 3.8) is 0 Å². The lowest BCUT2D eigenvalue weighted by molar-refractivity contribution is 0.0735. The molecule has 0 saturated carbocycles. The maximum absolute atomic E-state index is 13.0. The molecule has 0 N–H and O–H groups in total. The van der Waals surface area contributed by atoms with E-state index in [2.05, 4.69) is 15.3 Å². The molecule has 0 aromatic carbocycles. The van der Waals surface area contributed by atoms with Crippen molar-refractivity contribution in [1.82, 2.24) is 29.3 Å². The number of likely N-dealkylation sites (tertiary alicyclic amines) is 1. The van der Waals surface area contributed by atoms with Crippen molar-refractivity contribution in [3.05, 3.63) is 47.7 Å². The first-order chi connectivity index (χ1) is 11.1. The maximum Gasteiger partial charge on any atom is 0.255 e. The van der Waals surface area contributed by atoms with E-state index < -0.39 is 0 Å². The standard InChI is InChI=1S/C16H18N6O/c1-11-18-19-15-6-5-12(10-22(11)15)16(23)21-7-3-4-14(21)13-8-17-20(2)9-13/h5-6,8-10,14H,3-4,7H2,1-2H3. The van der Waals surface area contributed by atoms with E-state index in [4.69, 9.17) is 0 Å². The first-order valence-electron chi connectivity index (χ1n) is 7.74. The maximum atomic E-state index is 13.0. The van der Waals surface area contributed by atoms with E-state index in [0.29, 0.717) is 5.56 Å². The quantitative estimate of drug-likeness (QED) is 0.723. The molecule has 0 aliphatic carbocycles. The summed E-state index contributed by atoms with van der Waals surface area (Å²) >= 11 is 0. The van der Waals surface area contributed by atoms with Gasteiger partial charge in [0.15, 0.2) is 5.65 Å². The summed E-state index contributed by atoms with van der Waals surface area (Å²) in [7, 11) is 1.90. The largest absolute Gasteiger partial charge is 0.331 e. The van der Waals surface area contributed by atoms with Gasteiger partial charge in [0.1, 0.15) is 5.82 Å². The Balaban J connectivity index is 1.67. The number of carbonyl (C=O) groups is 1. The van der Waals surface area contributed by atoms with E-state index in [0.717, 1.165) is 36.4 Å². The molecule has 118 valence electrons. The average molecular weight is 310 g/mol. The van der Waals surface area contributed by atoms with Crippen molar-refractivity contribution < 1.29 is 4.79 Å². The van der Waals surface area contributed by atoms with Crippen LogP contribution >= 0.6 is 0 Å². The third-order valence-electron chi connectivity index (χ3n) is 4.44. The number of hydrogen-bond donors (Lipinski definition) is 0. The van der Waals surface area contributed by atoms with E-state index in [-0.39, 0.29) is 11.9 Å². The molecular weight excluding hydrogens is 292 g/mol. The predicted octanol–water partition coefficient (Wildman–Crippen LogP) is 1.75. The molecule has 4 rings (SSSR count). The third-order valence-corrected chi connectivity index (χ3v) is 4.44. The van der Waals surface area contributed by atoms with Crippen LogP contribution in [-0.2, 0) is 7.05 Å². The predicted molar refractivity (Wildman–Crippen MR) is 83.9 cm³/mol. The van der Waals surface area contributed by atoms with E-state index in [9.17, 15) is 4.79 Å². The van der Waals surface area contributed by atoms with Gasteiger partial charge in [-0.05, 0) is 31.9 Å². The van der Waals surface area contributed by atoms with E-state index >= 15 is 0 Å². The van der Waals surface area contributed by atoms with Crippen LogP contribution in [0.25, 0.3) is 5.65 Å². The molecule has 3 aromatic heterocycles. The molecule has 23 heavy (non-hydrogen) atoms. The van der Waals surface area contributed by atoms with Crippen molar-refractivity contribution in [1.29, 1.82) is 0 Å². The zero-order valence-electron chi connectivity index (χ0n) is 13.2. The summed E-state index contributed by atoms with van der Waals surface area (Å²) in [4.78, 5) is 14.9. The molecule has 1 fully saturated rings. The van der Waals surface area contributed by atoms with Crippen LogP contribution in [0.1, 0.15) is 40.6 Å². The Morgan fingerprint density at radius 2 is 2.13 bits per heavy atom. The number of aromatic nitrogens is 5. The van der Waals surface area contributed by atoms with Crippen molar-refractivity contribution in [3.8, 4) is 0 Å². The number of carbonyl (C=O) groups excluding carboxylic acids is 1. The lowest BCUT2D eigenvalue weighted by atomic mass is 10.1. The lowest BCUT2D eigenvalue weighted by Crippen LogP contribution is -2.30. The van der Waals surface area contributed by atoms with Crippen LogP contribution in [-0.4, -0.2) is 41.7 Å². The van der Waals surface area contributed by atoms with Gasteiger partial charge in [-0.3, -0.25) is 13.9 Å². The van der Waals surface area contributed by atoms with Gasteiger partial charge in [0.2, 0.25) is 0 Å². The Kier molecular flexibility index (Phi) is 3.14. The zero-order chi connectivity index (χ0) is 16.0. The number of amides is 1. The molecule has 1 aliphatic rings. The Morgan fingerprint density at radius 3 is 2.91 bits per heavy atom. The lowest BCUT2D eigenvalue weighted by Gasteiger charge is -2.24. The van der Waals surface area contributed by atoms with Crippen molar-refractivity contribution in [2.45, 2.75) is 25.8 Å². The topological polar surface area (TPSA) is 68.3 Å². The highest BCUT2D eigenvalue weighted by atomic mass is 16.2. The molecule has 1 aliphatic heterocycles. The third kappa shape index (κ3) is 2.28. The molecule has 3 aromatic rings. The van der Waals surface area contributed by atoms with Crippen LogP contribution in [0.3, 0.4) is 0 Å². The summed E-state index contributed by atoms with van der Waals surface area (Å²) in [6.07, 6.45) is 7.66. The van der Waals surface area contributed by atoms with Gasteiger partial charge in [0.05, 0.1) is 17.8 Å². The molecule has 7 heteroatoms. The summed E-state index contributed by atoms with van der Waals surface area (Å²) < 4.78 is 3.63. The molecule has 1 saturated heterocycles. The highest BCUT2D eigenvalue weighted by Gasteiger charge is 2.31. The van der Waals surface area contributed by atoms with Crippen LogP contribution in [0, 0.1) is 6.92 Å². The van der Waals surface area contributed by atoms with Gasteiger partial charge < -0.3 is 4.90 Å². The second kappa shape index (κ2) is 5.19. The fraction of sp³-hybridized carbons (Fsp3) is 0.375. The minimum atomic E-state index is 0.0475. The van der Waals surface area contributed by atoms with Crippen LogP contribution < -0.4 is 0 Å². The number of fused-ring (bicyclic) bond motifs is 1. The Morgan fingerprint density at radius 1 is 1.26 bits per heavy atom. The fourth-order valence-corrected chi connectivity index (χ4v) is 3.27. The minimum Gasteiger partial charge on any atom is -0.331 e. The van der Waals surface area contributed by atoms with Crippen molar-refractivity contribution in [2.24, 2.45) is 7.05 Å². The summed E-state index contributed by atoms with van der Waals surface area (Å²) in [6.45, 7) is 2.65. The highest BCUT2D eigenvalue weighted by Crippen LogP contribution is 2.32. The van der Waals surface area contributed by atoms with Gasteiger partial charge in [0, 0.05) is 31.5 Å². The van der Waals surface area contributed by atoms with E-state index in [1.165, 1.54) is 0 Å². The van der Waals surface area contributed by atoms with Gasteiger partial charge in [-0.25, -0.2) is 0 Å². The molecular formula is C16H18N6O. The molecule has 0 radical (unpaired) electrons. The molecule has 7 nitrogen and oxygen atoms in total. The second-order valence-corrected chi connectivity index (χ2v) is 6.00. The number of pyridine rings is 1. The first-order valence-corrected chi connectivity index (χ1v) is 7.74. The van der Waals surface area contributed by atoms with Gasteiger partial charge in [-0.2, -0.15) is 5.10 Å². The van der Waals surface area contributed by atoms with E-state index in [1.54, 1.807) is 4.68 Å². The molecule has 0 bridgehead atoms. The zero-order valence-corrected chi connectivity index (χ0v) is 13.2. The summed E-state index contributed by atoms with van der Waals surface area (Å²) in [5, 5.41) is 12.3. The Labute approximate surface area is 133 Å². The van der Waals surface area contributed by atoms with Crippen LogP contribution in [0.15, 0.2) is 30.7 Å². The number of rotatable bonds is 2. The van der Waals surface area contributed by atoms with Gasteiger partial charge >= 0.3 is 0 Å². The fourth-order valence-electron chi connectivity index (χ4n) is 3.27. The monoisotopic (exact) mass is 310 g/mol. The normalized spacial score (nSPS) is 18.0. The average Bonchev–Trinajstić information content (AvgIpc) is 3.26. The summed E-state index contributed by atoms with van der Waals surface area (Å²) in [6, 6.07) is 3.76. The second-order valence-electron chi connectivity index (χ2n) is 6.00. The first kappa shape index (κ1) is 13.9. The smallest absolute Gasteiger partial charge is 0.255 e. The van der Waals surface area contributed by atoms with Crippen LogP contribution in [0.5, 0.6) is 0 Å². The Bertz CT molecular complexity index is 880. The van der Waals surface area contributed by atoms with Gasteiger partial charge in [0.25, 0.3) is 5.91 Å². The number of hydrogen-bond acceptors (Lipinski definition) is 4. The van der Waals surface area contributed by atoms with Crippen LogP contribution in [0.2, 0.25) is 0 Å². The van der Waals surface area contributed by atoms with Gasteiger partial charge in [-0.15, -0.1) is 10.2 Å². The summed E-state index contributed by atoms with van der Waals surface area (Å²) in [5.41, 5.74) is 2.51. The highest BCUT2D eigenvalue weighted by molar-refractivity contribution is 5.94. The number of nitrogens with zero attached hydrogens (tertiary/aromatic N) is 6. The SMILES string of the molecule is Cc1nnc2ccc(C(=O)N3CCCC3c3cnn(C)c3)cn12. The molecule has 1 amide bonds. The van der Waals surface area contributed by atoms with Gasteiger partial charge in [-0.1, -0.05) is 0 Å². The molecule has 1 atom stereocenters. The molecule has 4 heterocycles. The van der Waals surface area contributed by atoms with E-state index in [1.807, 2.05) is 54.0 Å². The molecule has 0 spiro atoms. The van der Waals surface area contributed by atoms with Crippen molar-refractivity contribution >= 4 is 11.6 Å². The molecule has 1 unspecified atom stereocenters. The van der Waals surface area contributed by atoms with Crippen molar-refractivity contribution in [2.75, 3.05) is 6.54 Å². The minimum absolute atomic E-state index is 0.0475. The number of aryl methyl sites for hydroxylation is 2. The Hall–Kier alpha value is -2.70. The summed E-state index contributed by atoms with van der Waals surface area (Å²) in [5.74, 6) is 0.825. The van der Waals surface area contributed by atoms with Crippen LogP contribution in [0.4, 0.5) is 0 Å².